The highest BCUT2D eigenvalue weighted by atomic mass is 16.3. The van der Waals surface area contributed by atoms with Crippen molar-refractivity contribution in [3.05, 3.63) is 35.9 Å². The van der Waals surface area contributed by atoms with Crippen LogP contribution in [0.3, 0.4) is 0 Å². The van der Waals surface area contributed by atoms with Crippen LogP contribution in [0.5, 0.6) is 0 Å². The summed E-state index contributed by atoms with van der Waals surface area (Å²) in [7, 11) is 0. The average Bonchev–Trinajstić information content (AvgIpc) is 2.16. The lowest BCUT2D eigenvalue weighted by Crippen LogP contribution is -2.35. The van der Waals surface area contributed by atoms with E-state index in [-0.39, 0.29) is 0 Å². The van der Waals surface area contributed by atoms with Crippen molar-refractivity contribution in [3.63, 3.8) is 0 Å². The van der Waals surface area contributed by atoms with Crippen LogP contribution in [0.2, 0.25) is 0 Å². The van der Waals surface area contributed by atoms with Crippen LogP contribution in [0.15, 0.2) is 30.3 Å². The van der Waals surface area contributed by atoms with E-state index in [0.717, 1.165) is 5.56 Å². The van der Waals surface area contributed by atoms with Crippen LogP contribution in [0.1, 0.15) is 19.4 Å². The zero-order chi connectivity index (χ0) is 10.6. The second kappa shape index (κ2) is 4.28. The number of hydrogen-bond acceptors (Lipinski definition) is 2. The van der Waals surface area contributed by atoms with Crippen molar-refractivity contribution in [1.29, 1.82) is 0 Å². The maximum absolute atomic E-state index is 9.63. The van der Waals surface area contributed by atoms with Crippen molar-refractivity contribution in [3.8, 4) is 11.8 Å². The molecular weight excluding hydrogens is 176 g/mol. The van der Waals surface area contributed by atoms with Gasteiger partial charge in [-0.2, -0.15) is 0 Å². The first-order valence-corrected chi connectivity index (χ1v) is 4.51. The molecule has 0 bridgehead atoms. The van der Waals surface area contributed by atoms with Crippen LogP contribution in [0, 0.1) is 11.8 Å². The maximum Gasteiger partial charge on any atom is 0.148 e. The van der Waals surface area contributed by atoms with E-state index in [9.17, 15) is 10.2 Å². The highest BCUT2D eigenvalue weighted by Gasteiger charge is 2.23. The molecule has 2 atom stereocenters. The van der Waals surface area contributed by atoms with E-state index in [1.807, 2.05) is 30.3 Å². The molecule has 1 rings (SSSR count). The van der Waals surface area contributed by atoms with Gasteiger partial charge in [-0.05, 0) is 26.0 Å². The van der Waals surface area contributed by atoms with E-state index in [1.165, 1.54) is 13.8 Å². The normalized spacial score (nSPS) is 16.3. The Kier molecular flexibility index (Phi) is 3.29. The standard InChI is InChI=1S/C12H14O2/c1-10(13)12(2,14)9-8-11-6-4-3-5-7-11/h3-7,10,13-14H,1-2H3/t10-,12-/m0/s1. The molecule has 0 spiro atoms. The minimum Gasteiger partial charge on any atom is -0.389 e. The summed E-state index contributed by atoms with van der Waals surface area (Å²) in [6, 6.07) is 9.36. The quantitative estimate of drug-likeness (QED) is 0.653. The zero-order valence-corrected chi connectivity index (χ0v) is 8.36. The molecule has 2 nitrogen and oxygen atoms in total. The predicted octanol–water partition coefficient (Wildman–Crippen LogP) is 1.17. The van der Waals surface area contributed by atoms with E-state index in [2.05, 4.69) is 11.8 Å². The molecule has 1 aromatic rings. The Bertz CT molecular complexity index is 342. The fourth-order valence-electron chi connectivity index (χ4n) is 0.825. The number of rotatable bonds is 1. The molecule has 0 unspecified atom stereocenters. The van der Waals surface area contributed by atoms with Crippen LogP contribution in [-0.4, -0.2) is 21.9 Å². The molecule has 1 aromatic carbocycles. The molecule has 2 N–H and O–H groups in total. The minimum absolute atomic E-state index is 0.827. The van der Waals surface area contributed by atoms with Gasteiger partial charge < -0.3 is 10.2 Å². The molecule has 0 heterocycles. The highest BCUT2D eigenvalue weighted by Crippen LogP contribution is 2.07. The molecule has 0 radical (unpaired) electrons. The van der Waals surface area contributed by atoms with Gasteiger partial charge in [-0.15, -0.1) is 0 Å². The Labute approximate surface area is 84.2 Å². The van der Waals surface area contributed by atoms with Gasteiger partial charge in [0.1, 0.15) is 5.60 Å². The second-order valence-electron chi connectivity index (χ2n) is 3.44. The fourth-order valence-corrected chi connectivity index (χ4v) is 0.825. The maximum atomic E-state index is 9.63. The molecule has 0 amide bonds. The molecule has 2 heteroatoms. The van der Waals surface area contributed by atoms with E-state index in [1.54, 1.807) is 0 Å². The van der Waals surface area contributed by atoms with Crippen molar-refractivity contribution >= 4 is 0 Å². The van der Waals surface area contributed by atoms with Gasteiger partial charge in [0, 0.05) is 5.56 Å². The first-order valence-electron chi connectivity index (χ1n) is 4.51. The molecule has 0 saturated carbocycles. The summed E-state index contributed by atoms with van der Waals surface area (Å²) in [5, 5.41) is 18.8. The van der Waals surface area contributed by atoms with Crippen LogP contribution in [-0.2, 0) is 0 Å². The summed E-state index contributed by atoms with van der Waals surface area (Å²) in [4.78, 5) is 0. The third kappa shape index (κ3) is 2.88. The van der Waals surface area contributed by atoms with Gasteiger partial charge in [0.05, 0.1) is 6.10 Å². The first-order chi connectivity index (χ1) is 6.52. The molecule has 0 aliphatic heterocycles. The highest BCUT2D eigenvalue weighted by molar-refractivity contribution is 5.35. The lowest BCUT2D eigenvalue weighted by atomic mass is 10.0. The van der Waals surface area contributed by atoms with Gasteiger partial charge in [0.2, 0.25) is 0 Å². The summed E-state index contributed by atoms with van der Waals surface area (Å²) < 4.78 is 0. The number of aliphatic hydroxyl groups excluding tert-OH is 1. The summed E-state index contributed by atoms with van der Waals surface area (Å²) >= 11 is 0. The lowest BCUT2D eigenvalue weighted by Gasteiger charge is -2.19. The van der Waals surface area contributed by atoms with E-state index in [4.69, 9.17) is 0 Å². The molecule has 0 saturated heterocycles. The Morgan fingerprint density at radius 2 is 1.86 bits per heavy atom. The Morgan fingerprint density at radius 3 is 2.36 bits per heavy atom. The number of aliphatic hydroxyl groups is 2. The van der Waals surface area contributed by atoms with Gasteiger partial charge in [0.15, 0.2) is 0 Å². The summed E-state index contributed by atoms with van der Waals surface area (Å²) in [6.45, 7) is 3.01. The molecule has 0 aromatic heterocycles. The number of benzene rings is 1. The minimum atomic E-state index is -1.35. The van der Waals surface area contributed by atoms with Crippen molar-refractivity contribution in [2.24, 2.45) is 0 Å². The fraction of sp³-hybridized carbons (Fsp3) is 0.333. The van der Waals surface area contributed by atoms with Crippen molar-refractivity contribution in [2.75, 3.05) is 0 Å². The van der Waals surface area contributed by atoms with Gasteiger partial charge in [0.25, 0.3) is 0 Å². The summed E-state index contributed by atoms with van der Waals surface area (Å²) in [5.41, 5.74) is -0.524. The Balaban J connectivity index is 2.83. The Hall–Kier alpha value is -1.30. The van der Waals surface area contributed by atoms with Gasteiger partial charge >= 0.3 is 0 Å². The average molecular weight is 190 g/mol. The van der Waals surface area contributed by atoms with Crippen LogP contribution in [0.25, 0.3) is 0 Å². The monoisotopic (exact) mass is 190 g/mol. The SMILES string of the molecule is C[C@H](O)[C@@](C)(O)C#Cc1ccccc1. The molecular formula is C12H14O2. The van der Waals surface area contributed by atoms with E-state index >= 15 is 0 Å². The first kappa shape index (κ1) is 10.8. The van der Waals surface area contributed by atoms with Crippen molar-refractivity contribution in [1.82, 2.24) is 0 Å². The zero-order valence-electron chi connectivity index (χ0n) is 8.36. The predicted molar refractivity (Wildman–Crippen MR) is 55.6 cm³/mol. The number of hydrogen-bond donors (Lipinski definition) is 2. The molecule has 0 fully saturated rings. The summed E-state index contributed by atoms with van der Waals surface area (Å²) in [5.74, 6) is 5.44. The van der Waals surface area contributed by atoms with Crippen LogP contribution in [0.4, 0.5) is 0 Å². The molecule has 0 aliphatic rings. The van der Waals surface area contributed by atoms with Crippen molar-refractivity contribution < 1.29 is 10.2 Å². The lowest BCUT2D eigenvalue weighted by molar-refractivity contribution is -0.00786. The molecule has 14 heavy (non-hydrogen) atoms. The molecule has 74 valence electrons. The second-order valence-corrected chi connectivity index (χ2v) is 3.44. The van der Waals surface area contributed by atoms with E-state index in [0.29, 0.717) is 0 Å². The van der Waals surface area contributed by atoms with Crippen LogP contribution >= 0.6 is 0 Å². The Morgan fingerprint density at radius 1 is 1.29 bits per heavy atom. The largest absolute Gasteiger partial charge is 0.389 e. The summed E-state index contributed by atoms with van der Waals surface area (Å²) in [6.07, 6.45) is -0.862. The van der Waals surface area contributed by atoms with Gasteiger partial charge in [-0.25, -0.2) is 0 Å². The van der Waals surface area contributed by atoms with E-state index < -0.39 is 11.7 Å². The van der Waals surface area contributed by atoms with Gasteiger partial charge in [-0.1, -0.05) is 30.0 Å². The van der Waals surface area contributed by atoms with Crippen LogP contribution < -0.4 is 0 Å². The smallest absolute Gasteiger partial charge is 0.148 e. The van der Waals surface area contributed by atoms with Crippen molar-refractivity contribution in [2.45, 2.75) is 25.6 Å². The third-order valence-corrected chi connectivity index (χ3v) is 2.05. The third-order valence-electron chi connectivity index (χ3n) is 2.05. The molecule has 0 aliphatic carbocycles. The van der Waals surface area contributed by atoms with Gasteiger partial charge in [-0.3, -0.25) is 0 Å². The topological polar surface area (TPSA) is 40.5 Å².